The van der Waals surface area contributed by atoms with Crippen molar-refractivity contribution in [2.24, 2.45) is 0 Å². The van der Waals surface area contributed by atoms with Crippen molar-refractivity contribution in [1.82, 2.24) is 24.2 Å². The summed E-state index contributed by atoms with van der Waals surface area (Å²) in [6.07, 6.45) is 0.864. The zero-order valence-electron chi connectivity index (χ0n) is 16.7. The second kappa shape index (κ2) is 9.62. The molecule has 8 nitrogen and oxygen atoms in total. The van der Waals surface area contributed by atoms with Crippen LogP contribution in [0.2, 0.25) is 0 Å². The molecule has 0 bridgehead atoms. The molecule has 0 fully saturated rings. The minimum atomic E-state index is -5.08. The van der Waals surface area contributed by atoms with Gasteiger partial charge in [0.2, 0.25) is 5.91 Å². The van der Waals surface area contributed by atoms with Crippen LogP contribution in [0.5, 0.6) is 0 Å². The lowest BCUT2D eigenvalue weighted by molar-refractivity contribution is -0.192. The average Bonchev–Trinajstić information content (AvgIpc) is 3.38. The highest BCUT2D eigenvalue weighted by Crippen LogP contribution is 2.15. The smallest absolute Gasteiger partial charge is 0.475 e. The van der Waals surface area contributed by atoms with Gasteiger partial charge >= 0.3 is 12.1 Å². The number of nitrogens with zero attached hydrogens (tertiary/aromatic N) is 5. The maximum atomic E-state index is 13.0. The number of carbonyl (C=O) groups is 2. The van der Waals surface area contributed by atoms with Crippen molar-refractivity contribution >= 4 is 11.9 Å². The van der Waals surface area contributed by atoms with Crippen LogP contribution < -0.4 is 0 Å². The normalized spacial score (nSPS) is 13.2. The van der Waals surface area contributed by atoms with Crippen molar-refractivity contribution in [2.75, 3.05) is 6.54 Å². The summed E-state index contributed by atoms with van der Waals surface area (Å²) in [6, 6.07) is 7.95. The van der Waals surface area contributed by atoms with E-state index in [0.717, 1.165) is 23.6 Å². The minimum absolute atomic E-state index is 0.0366. The topological polar surface area (TPSA) is 93.3 Å². The number of amides is 1. The summed E-state index contributed by atoms with van der Waals surface area (Å²) >= 11 is 0. The number of aliphatic carboxylic acids is 1. The van der Waals surface area contributed by atoms with Gasteiger partial charge in [-0.25, -0.2) is 14.2 Å². The third-order valence-electron chi connectivity index (χ3n) is 4.60. The molecule has 0 unspecified atom stereocenters. The van der Waals surface area contributed by atoms with Crippen LogP contribution in [0.1, 0.15) is 17.1 Å². The van der Waals surface area contributed by atoms with E-state index < -0.39 is 12.1 Å². The number of carboxylic acids is 1. The Hall–Kier alpha value is -3.70. The monoisotopic (exact) mass is 453 g/mol. The quantitative estimate of drug-likeness (QED) is 0.613. The molecule has 4 rings (SSSR count). The number of alkyl halides is 3. The van der Waals surface area contributed by atoms with Gasteiger partial charge in [0, 0.05) is 31.7 Å². The summed E-state index contributed by atoms with van der Waals surface area (Å²) in [4.78, 5) is 27.8. The van der Waals surface area contributed by atoms with Gasteiger partial charge in [0.05, 0.1) is 25.2 Å². The molecule has 3 aromatic rings. The molecule has 0 atom stereocenters. The molecule has 2 aromatic heterocycles. The molecule has 0 aliphatic carbocycles. The van der Waals surface area contributed by atoms with Crippen molar-refractivity contribution in [3.05, 3.63) is 71.8 Å². The molecule has 0 radical (unpaired) electrons. The molecular formula is C20H19F4N5O3. The maximum absolute atomic E-state index is 13.0. The molecule has 1 amide bonds. The number of hydrogen-bond acceptors (Lipinski definition) is 4. The van der Waals surface area contributed by atoms with E-state index in [1.54, 1.807) is 18.3 Å². The number of fused-ring (bicyclic) bond motifs is 1. The Morgan fingerprint density at radius 2 is 1.81 bits per heavy atom. The number of carbonyl (C=O) groups excluding carboxylic acids is 1. The lowest BCUT2D eigenvalue weighted by atomic mass is 10.1. The first-order chi connectivity index (χ1) is 15.1. The second-order valence-corrected chi connectivity index (χ2v) is 6.97. The van der Waals surface area contributed by atoms with E-state index >= 15 is 0 Å². The van der Waals surface area contributed by atoms with Crippen molar-refractivity contribution in [3.63, 3.8) is 0 Å². The van der Waals surface area contributed by atoms with Gasteiger partial charge in [-0.05, 0) is 23.8 Å². The van der Waals surface area contributed by atoms with Crippen LogP contribution in [0, 0.1) is 5.82 Å². The van der Waals surface area contributed by atoms with Gasteiger partial charge in [0.25, 0.3) is 0 Å². The molecule has 1 N–H and O–H groups in total. The third kappa shape index (κ3) is 6.15. The van der Waals surface area contributed by atoms with Crippen molar-refractivity contribution in [3.8, 4) is 0 Å². The molecule has 1 aliphatic rings. The number of aromatic nitrogens is 4. The lowest BCUT2D eigenvalue weighted by Crippen LogP contribution is -2.39. The Morgan fingerprint density at radius 3 is 2.41 bits per heavy atom. The van der Waals surface area contributed by atoms with E-state index in [1.807, 2.05) is 28.0 Å². The SMILES string of the molecule is O=C(Cc1ccc(F)cc1)N1CCn2cc(Cn3cccn3)nc2C1.O=C(O)C(F)(F)F. The molecule has 0 saturated carbocycles. The predicted molar refractivity (Wildman–Crippen MR) is 103 cm³/mol. The fourth-order valence-electron chi connectivity index (χ4n) is 3.05. The summed E-state index contributed by atoms with van der Waals surface area (Å²) in [5, 5.41) is 11.3. The number of rotatable bonds is 4. The second-order valence-electron chi connectivity index (χ2n) is 6.97. The van der Waals surface area contributed by atoms with Crippen LogP contribution in [-0.4, -0.2) is 53.9 Å². The highest BCUT2D eigenvalue weighted by atomic mass is 19.4. The van der Waals surface area contributed by atoms with Crippen molar-refractivity contribution < 1.29 is 32.3 Å². The van der Waals surface area contributed by atoms with Crippen LogP contribution >= 0.6 is 0 Å². The molecule has 1 aliphatic heterocycles. The van der Waals surface area contributed by atoms with Gasteiger partial charge in [0.15, 0.2) is 0 Å². The minimum Gasteiger partial charge on any atom is -0.475 e. The zero-order chi connectivity index (χ0) is 23.3. The summed E-state index contributed by atoms with van der Waals surface area (Å²) < 4.78 is 48.6. The molecule has 170 valence electrons. The van der Waals surface area contributed by atoms with Gasteiger partial charge in [-0.3, -0.25) is 9.48 Å². The Bertz CT molecular complexity index is 1060. The largest absolute Gasteiger partial charge is 0.490 e. The summed E-state index contributed by atoms with van der Waals surface area (Å²) in [7, 11) is 0. The van der Waals surface area contributed by atoms with Gasteiger partial charge in [-0.15, -0.1) is 0 Å². The Kier molecular flexibility index (Phi) is 6.91. The number of carboxylic acid groups (broad SMARTS) is 1. The molecule has 0 spiro atoms. The highest BCUT2D eigenvalue weighted by Gasteiger charge is 2.38. The Balaban J connectivity index is 0.000000360. The number of halogens is 4. The number of hydrogen-bond donors (Lipinski definition) is 1. The fraction of sp³-hybridized carbons (Fsp3) is 0.300. The van der Waals surface area contributed by atoms with Gasteiger partial charge < -0.3 is 14.6 Å². The molecule has 12 heteroatoms. The van der Waals surface area contributed by atoms with E-state index in [0.29, 0.717) is 19.6 Å². The Labute approximate surface area is 179 Å². The van der Waals surface area contributed by atoms with E-state index in [1.165, 1.54) is 12.1 Å². The van der Waals surface area contributed by atoms with Crippen molar-refractivity contribution in [1.29, 1.82) is 0 Å². The van der Waals surface area contributed by atoms with Crippen molar-refractivity contribution in [2.45, 2.75) is 32.2 Å². The summed E-state index contributed by atoms with van der Waals surface area (Å²) in [5.41, 5.74) is 1.76. The molecule has 3 heterocycles. The third-order valence-corrected chi connectivity index (χ3v) is 4.60. The number of benzene rings is 1. The molecule has 32 heavy (non-hydrogen) atoms. The molecular weight excluding hydrogens is 434 g/mol. The highest BCUT2D eigenvalue weighted by molar-refractivity contribution is 5.78. The standard InChI is InChI=1S/C18H18FN5O.C2HF3O2/c19-15-4-2-14(3-5-15)10-18(25)23-9-8-22-11-16(21-17(22)13-23)12-24-7-1-6-20-24;3-2(4,5)1(6)7/h1-7,11H,8-10,12-13H2;(H,6,7). The predicted octanol–water partition coefficient (Wildman–Crippen LogP) is 2.49. The lowest BCUT2D eigenvalue weighted by Gasteiger charge is -2.27. The first-order valence-corrected chi connectivity index (χ1v) is 9.46. The first-order valence-electron chi connectivity index (χ1n) is 9.46. The maximum Gasteiger partial charge on any atom is 0.490 e. The first kappa shape index (κ1) is 23.0. The Morgan fingerprint density at radius 1 is 1.12 bits per heavy atom. The van der Waals surface area contributed by atoms with Gasteiger partial charge in [0.1, 0.15) is 11.6 Å². The summed E-state index contributed by atoms with van der Waals surface area (Å²) in [5.74, 6) is -2.12. The number of imidazole rings is 1. The van der Waals surface area contributed by atoms with E-state index in [9.17, 15) is 22.4 Å². The zero-order valence-corrected chi connectivity index (χ0v) is 16.7. The van der Waals surface area contributed by atoms with Crippen LogP contribution in [0.4, 0.5) is 17.6 Å². The van der Waals surface area contributed by atoms with Crippen LogP contribution in [-0.2, 0) is 35.6 Å². The van der Waals surface area contributed by atoms with E-state index in [-0.39, 0.29) is 18.1 Å². The van der Waals surface area contributed by atoms with E-state index in [2.05, 4.69) is 14.6 Å². The molecule has 1 aromatic carbocycles. The summed E-state index contributed by atoms with van der Waals surface area (Å²) in [6.45, 7) is 2.51. The van der Waals surface area contributed by atoms with E-state index in [4.69, 9.17) is 9.90 Å². The van der Waals surface area contributed by atoms with Crippen LogP contribution in [0.25, 0.3) is 0 Å². The van der Waals surface area contributed by atoms with Gasteiger partial charge in [-0.2, -0.15) is 18.3 Å². The van der Waals surface area contributed by atoms with Gasteiger partial charge in [-0.1, -0.05) is 12.1 Å². The molecule has 0 saturated heterocycles. The van der Waals surface area contributed by atoms with Crippen LogP contribution in [0.3, 0.4) is 0 Å². The van der Waals surface area contributed by atoms with Crippen LogP contribution in [0.15, 0.2) is 48.9 Å². The average molecular weight is 453 g/mol. The fourth-order valence-corrected chi connectivity index (χ4v) is 3.05.